The van der Waals surface area contributed by atoms with Crippen LogP contribution in [0.25, 0.3) is 0 Å². The zero-order valence-electron chi connectivity index (χ0n) is 10.2. The number of hydrogen-bond donors (Lipinski definition) is 1. The van der Waals surface area contributed by atoms with Crippen LogP contribution in [0.5, 0.6) is 11.5 Å². The van der Waals surface area contributed by atoms with Crippen LogP contribution in [0.2, 0.25) is 0 Å². The standard InChI is InChI=1S/C13H21NO2/c1-3-8-14-9-10-16-13-7-5-6-12(11-13)15-4-2/h5-7,11,14H,3-4,8-10H2,1-2H3. The first kappa shape index (κ1) is 12.8. The van der Waals surface area contributed by atoms with Gasteiger partial charge in [0.25, 0.3) is 0 Å². The maximum Gasteiger partial charge on any atom is 0.123 e. The van der Waals surface area contributed by atoms with Gasteiger partial charge in [0.2, 0.25) is 0 Å². The van der Waals surface area contributed by atoms with E-state index in [4.69, 9.17) is 9.47 Å². The van der Waals surface area contributed by atoms with Crippen molar-refractivity contribution in [2.45, 2.75) is 20.3 Å². The second kappa shape index (κ2) is 7.99. The largest absolute Gasteiger partial charge is 0.494 e. The molecule has 1 N–H and O–H groups in total. The Morgan fingerprint density at radius 1 is 1.06 bits per heavy atom. The van der Waals surface area contributed by atoms with Crippen molar-refractivity contribution in [2.24, 2.45) is 0 Å². The van der Waals surface area contributed by atoms with E-state index in [9.17, 15) is 0 Å². The summed E-state index contributed by atoms with van der Waals surface area (Å²) in [5.74, 6) is 1.73. The van der Waals surface area contributed by atoms with Crippen LogP contribution in [0.4, 0.5) is 0 Å². The average Bonchev–Trinajstić information content (AvgIpc) is 2.30. The van der Waals surface area contributed by atoms with Gasteiger partial charge in [-0.1, -0.05) is 13.0 Å². The molecule has 90 valence electrons. The summed E-state index contributed by atoms with van der Waals surface area (Å²) in [5, 5.41) is 3.29. The van der Waals surface area contributed by atoms with E-state index in [0.717, 1.165) is 31.0 Å². The minimum absolute atomic E-state index is 0.682. The molecule has 0 radical (unpaired) electrons. The van der Waals surface area contributed by atoms with Crippen molar-refractivity contribution in [3.8, 4) is 11.5 Å². The predicted octanol–water partition coefficient (Wildman–Crippen LogP) is 2.46. The van der Waals surface area contributed by atoms with E-state index in [-0.39, 0.29) is 0 Å². The molecule has 0 fully saturated rings. The van der Waals surface area contributed by atoms with Gasteiger partial charge in [-0.05, 0) is 32.0 Å². The molecule has 0 aliphatic heterocycles. The summed E-state index contributed by atoms with van der Waals surface area (Å²) in [4.78, 5) is 0. The number of hydrogen-bond acceptors (Lipinski definition) is 3. The molecule has 0 bridgehead atoms. The number of ether oxygens (including phenoxy) is 2. The lowest BCUT2D eigenvalue weighted by Gasteiger charge is -2.08. The summed E-state index contributed by atoms with van der Waals surface area (Å²) in [6.07, 6.45) is 1.15. The van der Waals surface area contributed by atoms with E-state index in [1.165, 1.54) is 0 Å². The summed E-state index contributed by atoms with van der Waals surface area (Å²) in [6.45, 7) is 7.42. The smallest absolute Gasteiger partial charge is 0.123 e. The maximum atomic E-state index is 5.60. The second-order valence-corrected chi connectivity index (χ2v) is 3.51. The second-order valence-electron chi connectivity index (χ2n) is 3.51. The first-order valence-electron chi connectivity index (χ1n) is 5.93. The number of benzene rings is 1. The normalized spacial score (nSPS) is 10.1. The molecule has 0 unspecified atom stereocenters. The molecule has 3 heteroatoms. The molecular weight excluding hydrogens is 202 g/mol. The Bertz CT molecular complexity index is 289. The molecule has 0 aliphatic rings. The highest BCUT2D eigenvalue weighted by molar-refractivity contribution is 5.32. The van der Waals surface area contributed by atoms with Crippen LogP contribution in [-0.4, -0.2) is 26.3 Å². The Morgan fingerprint density at radius 2 is 1.81 bits per heavy atom. The van der Waals surface area contributed by atoms with Gasteiger partial charge in [0.1, 0.15) is 18.1 Å². The maximum absolute atomic E-state index is 5.60. The van der Waals surface area contributed by atoms with Gasteiger partial charge in [0.15, 0.2) is 0 Å². The van der Waals surface area contributed by atoms with Gasteiger partial charge in [0.05, 0.1) is 6.61 Å². The molecule has 0 atom stereocenters. The fraction of sp³-hybridized carbons (Fsp3) is 0.538. The molecule has 0 aliphatic carbocycles. The fourth-order valence-electron chi connectivity index (χ4n) is 1.36. The summed E-state index contributed by atoms with van der Waals surface area (Å²) in [6, 6.07) is 7.75. The van der Waals surface area contributed by atoms with Gasteiger partial charge < -0.3 is 14.8 Å². The summed E-state index contributed by atoms with van der Waals surface area (Å²) in [7, 11) is 0. The third-order valence-corrected chi connectivity index (χ3v) is 2.09. The Morgan fingerprint density at radius 3 is 2.50 bits per heavy atom. The van der Waals surface area contributed by atoms with E-state index in [0.29, 0.717) is 13.2 Å². The zero-order chi connectivity index (χ0) is 11.6. The molecule has 0 heterocycles. The van der Waals surface area contributed by atoms with Gasteiger partial charge in [-0.15, -0.1) is 0 Å². The molecule has 1 rings (SSSR count). The van der Waals surface area contributed by atoms with E-state index in [2.05, 4.69) is 12.2 Å². The van der Waals surface area contributed by atoms with Crippen molar-refractivity contribution in [1.29, 1.82) is 0 Å². The van der Waals surface area contributed by atoms with Gasteiger partial charge in [0, 0.05) is 12.6 Å². The molecule has 0 aromatic heterocycles. The monoisotopic (exact) mass is 223 g/mol. The van der Waals surface area contributed by atoms with Crippen molar-refractivity contribution in [2.75, 3.05) is 26.3 Å². The predicted molar refractivity (Wildman–Crippen MR) is 66.3 cm³/mol. The van der Waals surface area contributed by atoms with Crippen LogP contribution in [0.1, 0.15) is 20.3 Å². The number of rotatable bonds is 8. The van der Waals surface area contributed by atoms with Gasteiger partial charge in [-0.2, -0.15) is 0 Å². The molecular formula is C13H21NO2. The molecule has 16 heavy (non-hydrogen) atoms. The first-order valence-corrected chi connectivity index (χ1v) is 5.93. The van der Waals surface area contributed by atoms with Crippen LogP contribution in [0.15, 0.2) is 24.3 Å². The Balaban J connectivity index is 2.27. The van der Waals surface area contributed by atoms with Crippen LogP contribution >= 0.6 is 0 Å². The van der Waals surface area contributed by atoms with E-state index < -0.39 is 0 Å². The summed E-state index contributed by atoms with van der Waals surface area (Å²) in [5.41, 5.74) is 0. The van der Waals surface area contributed by atoms with Crippen molar-refractivity contribution >= 4 is 0 Å². The quantitative estimate of drug-likeness (QED) is 0.687. The molecule has 1 aromatic rings. The minimum Gasteiger partial charge on any atom is -0.494 e. The van der Waals surface area contributed by atoms with Gasteiger partial charge >= 0.3 is 0 Å². The van der Waals surface area contributed by atoms with Crippen LogP contribution in [0.3, 0.4) is 0 Å². The SMILES string of the molecule is CCCNCCOc1cccc(OCC)c1. The lowest BCUT2D eigenvalue weighted by Crippen LogP contribution is -2.21. The van der Waals surface area contributed by atoms with Crippen molar-refractivity contribution < 1.29 is 9.47 Å². The highest BCUT2D eigenvalue weighted by atomic mass is 16.5. The van der Waals surface area contributed by atoms with Crippen molar-refractivity contribution in [3.63, 3.8) is 0 Å². The molecule has 0 saturated carbocycles. The summed E-state index contributed by atoms with van der Waals surface area (Å²) >= 11 is 0. The molecule has 0 saturated heterocycles. The molecule has 3 nitrogen and oxygen atoms in total. The molecule has 1 aromatic carbocycles. The molecule has 0 spiro atoms. The summed E-state index contributed by atoms with van der Waals surface area (Å²) < 4.78 is 11.0. The minimum atomic E-state index is 0.682. The van der Waals surface area contributed by atoms with E-state index >= 15 is 0 Å². The highest BCUT2D eigenvalue weighted by Crippen LogP contribution is 2.18. The third kappa shape index (κ3) is 5.03. The fourth-order valence-corrected chi connectivity index (χ4v) is 1.36. The topological polar surface area (TPSA) is 30.5 Å². The molecule has 0 amide bonds. The number of nitrogens with one attached hydrogen (secondary N) is 1. The Kier molecular flexibility index (Phi) is 6.42. The van der Waals surface area contributed by atoms with Crippen LogP contribution < -0.4 is 14.8 Å². The first-order chi connectivity index (χ1) is 7.86. The van der Waals surface area contributed by atoms with Gasteiger partial charge in [-0.25, -0.2) is 0 Å². The van der Waals surface area contributed by atoms with E-state index in [1.807, 2.05) is 31.2 Å². The highest BCUT2D eigenvalue weighted by Gasteiger charge is 1.96. The van der Waals surface area contributed by atoms with Crippen LogP contribution in [0, 0.1) is 0 Å². The zero-order valence-corrected chi connectivity index (χ0v) is 10.2. The van der Waals surface area contributed by atoms with E-state index in [1.54, 1.807) is 0 Å². The Labute approximate surface area is 97.8 Å². The third-order valence-electron chi connectivity index (χ3n) is 2.09. The van der Waals surface area contributed by atoms with Crippen molar-refractivity contribution in [3.05, 3.63) is 24.3 Å². The lowest BCUT2D eigenvalue weighted by atomic mass is 10.3. The Hall–Kier alpha value is -1.22. The lowest BCUT2D eigenvalue weighted by molar-refractivity contribution is 0.306. The van der Waals surface area contributed by atoms with Gasteiger partial charge in [-0.3, -0.25) is 0 Å². The average molecular weight is 223 g/mol. The van der Waals surface area contributed by atoms with Crippen molar-refractivity contribution in [1.82, 2.24) is 5.32 Å². The van der Waals surface area contributed by atoms with Crippen LogP contribution in [-0.2, 0) is 0 Å².